The van der Waals surface area contributed by atoms with Gasteiger partial charge in [0.1, 0.15) is 0 Å². The summed E-state index contributed by atoms with van der Waals surface area (Å²) in [5, 5.41) is 14.0. The summed E-state index contributed by atoms with van der Waals surface area (Å²) >= 11 is 0. The van der Waals surface area contributed by atoms with Crippen LogP contribution in [0.25, 0.3) is 0 Å². The van der Waals surface area contributed by atoms with Crippen LogP contribution < -0.4 is 16.6 Å². The third kappa shape index (κ3) is 3.53. The minimum absolute atomic E-state index is 0.0210. The van der Waals surface area contributed by atoms with Gasteiger partial charge >= 0.3 is 16.9 Å². The summed E-state index contributed by atoms with van der Waals surface area (Å²) in [5.41, 5.74) is -1.92. The lowest BCUT2D eigenvalue weighted by molar-refractivity contribution is -0.387. The van der Waals surface area contributed by atoms with Crippen LogP contribution in [0.15, 0.2) is 15.8 Å². The van der Waals surface area contributed by atoms with E-state index in [1.165, 1.54) is 4.57 Å². The molecule has 0 saturated carbocycles. The SMILES string of the molecule is CCNCC(C)Cn1c(=O)c([N+](=O)[O-])cn(CC)c1=O. The van der Waals surface area contributed by atoms with Crippen LogP contribution in [0.4, 0.5) is 5.69 Å². The maximum absolute atomic E-state index is 12.1. The third-order valence-electron chi connectivity index (χ3n) is 2.99. The van der Waals surface area contributed by atoms with Crippen molar-refractivity contribution in [3.63, 3.8) is 0 Å². The summed E-state index contributed by atoms with van der Waals surface area (Å²) in [5.74, 6) is 0.0210. The first-order chi connectivity index (χ1) is 9.42. The van der Waals surface area contributed by atoms with E-state index in [4.69, 9.17) is 0 Å². The standard InChI is InChI=1S/C12H20N4O4/c1-4-13-6-9(3)7-15-11(17)10(16(19)20)8-14(5-2)12(15)18/h8-9,13H,4-7H2,1-3H3. The van der Waals surface area contributed by atoms with Gasteiger partial charge in [-0.25, -0.2) is 4.79 Å². The van der Waals surface area contributed by atoms with Crippen molar-refractivity contribution in [1.29, 1.82) is 0 Å². The Balaban J connectivity index is 3.23. The van der Waals surface area contributed by atoms with E-state index in [1.54, 1.807) is 6.92 Å². The molecule has 0 fully saturated rings. The maximum atomic E-state index is 12.1. The average Bonchev–Trinajstić information content (AvgIpc) is 2.41. The van der Waals surface area contributed by atoms with Crippen LogP contribution in [0.2, 0.25) is 0 Å². The molecule has 1 aromatic rings. The quantitative estimate of drug-likeness (QED) is 0.569. The molecule has 1 heterocycles. The summed E-state index contributed by atoms with van der Waals surface area (Å²) in [4.78, 5) is 34.2. The lowest BCUT2D eigenvalue weighted by atomic mass is 10.2. The average molecular weight is 284 g/mol. The summed E-state index contributed by atoms with van der Waals surface area (Å²) in [6.45, 7) is 7.39. The fourth-order valence-corrected chi connectivity index (χ4v) is 1.92. The van der Waals surface area contributed by atoms with Crippen LogP contribution in [-0.4, -0.2) is 27.1 Å². The van der Waals surface area contributed by atoms with E-state index in [-0.39, 0.29) is 19.0 Å². The number of hydrogen-bond donors (Lipinski definition) is 1. The first-order valence-corrected chi connectivity index (χ1v) is 6.61. The van der Waals surface area contributed by atoms with Crippen molar-refractivity contribution in [1.82, 2.24) is 14.5 Å². The van der Waals surface area contributed by atoms with Crippen LogP contribution in [-0.2, 0) is 13.1 Å². The smallest absolute Gasteiger partial charge is 0.317 e. The topological polar surface area (TPSA) is 99.2 Å². The zero-order valence-electron chi connectivity index (χ0n) is 12.0. The van der Waals surface area contributed by atoms with Gasteiger partial charge < -0.3 is 5.32 Å². The highest BCUT2D eigenvalue weighted by atomic mass is 16.6. The molecular weight excluding hydrogens is 264 g/mol. The number of nitro groups is 1. The van der Waals surface area contributed by atoms with E-state index < -0.39 is 21.9 Å². The maximum Gasteiger partial charge on any atom is 0.350 e. The van der Waals surface area contributed by atoms with Gasteiger partial charge in [0, 0.05) is 13.1 Å². The largest absolute Gasteiger partial charge is 0.350 e. The zero-order valence-corrected chi connectivity index (χ0v) is 12.0. The minimum Gasteiger partial charge on any atom is -0.317 e. The molecule has 1 unspecified atom stereocenters. The summed E-state index contributed by atoms with van der Waals surface area (Å²) in [6.07, 6.45) is 1.01. The summed E-state index contributed by atoms with van der Waals surface area (Å²) in [6, 6.07) is 0. The van der Waals surface area contributed by atoms with Crippen LogP contribution in [0, 0.1) is 16.0 Å². The van der Waals surface area contributed by atoms with E-state index in [0.29, 0.717) is 6.54 Å². The number of nitrogens with one attached hydrogen (secondary N) is 1. The second-order valence-corrected chi connectivity index (χ2v) is 4.67. The molecule has 0 aliphatic carbocycles. The van der Waals surface area contributed by atoms with Crippen molar-refractivity contribution in [2.24, 2.45) is 5.92 Å². The van der Waals surface area contributed by atoms with Crippen molar-refractivity contribution < 1.29 is 4.92 Å². The number of aromatic nitrogens is 2. The Morgan fingerprint density at radius 1 is 1.40 bits per heavy atom. The molecular formula is C12H20N4O4. The molecule has 0 radical (unpaired) electrons. The fourth-order valence-electron chi connectivity index (χ4n) is 1.92. The lowest BCUT2D eigenvalue weighted by Gasteiger charge is -2.14. The number of hydrogen-bond acceptors (Lipinski definition) is 5. The molecule has 20 heavy (non-hydrogen) atoms. The monoisotopic (exact) mass is 284 g/mol. The molecule has 1 atom stereocenters. The number of aryl methyl sites for hydroxylation is 1. The predicted octanol–water partition coefficient (Wildman–Crippen LogP) is 0.184. The van der Waals surface area contributed by atoms with Gasteiger partial charge in [-0.3, -0.25) is 24.0 Å². The van der Waals surface area contributed by atoms with Gasteiger partial charge in [0.2, 0.25) is 0 Å². The van der Waals surface area contributed by atoms with E-state index in [0.717, 1.165) is 17.3 Å². The zero-order chi connectivity index (χ0) is 15.3. The van der Waals surface area contributed by atoms with Crippen molar-refractivity contribution in [3.8, 4) is 0 Å². The number of nitrogens with zero attached hydrogens (tertiary/aromatic N) is 3. The van der Waals surface area contributed by atoms with Gasteiger partial charge in [-0.15, -0.1) is 0 Å². The van der Waals surface area contributed by atoms with Crippen molar-refractivity contribution in [2.45, 2.75) is 33.9 Å². The molecule has 8 nitrogen and oxygen atoms in total. The Labute approximate surface area is 116 Å². The molecule has 112 valence electrons. The van der Waals surface area contributed by atoms with Gasteiger partial charge in [-0.05, 0) is 25.9 Å². The summed E-state index contributed by atoms with van der Waals surface area (Å²) < 4.78 is 2.13. The van der Waals surface area contributed by atoms with Crippen molar-refractivity contribution >= 4 is 5.69 Å². The first kappa shape index (κ1) is 16.1. The second kappa shape index (κ2) is 6.99. The van der Waals surface area contributed by atoms with Crippen molar-refractivity contribution in [2.75, 3.05) is 13.1 Å². The van der Waals surface area contributed by atoms with E-state index in [1.807, 2.05) is 13.8 Å². The normalized spacial score (nSPS) is 12.3. The Kier molecular flexibility index (Phi) is 5.63. The van der Waals surface area contributed by atoms with E-state index >= 15 is 0 Å². The highest BCUT2D eigenvalue weighted by molar-refractivity contribution is 5.21. The van der Waals surface area contributed by atoms with Gasteiger partial charge in [0.05, 0.1) is 11.1 Å². The Hall–Kier alpha value is -1.96. The van der Waals surface area contributed by atoms with Crippen LogP contribution in [0.1, 0.15) is 20.8 Å². The van der Waals surface area contributed by atoms with Crippen LogP contribution >= 0.6 is 0 Å². The molecule has 0 aliphatic heterocycles. The minimum atomic E-state index is -0.840. The molecule has 0 saturated heterocycles. The molecule has 0 aromatic carbocycles. The molecule has 0 bridgehead atoms. The molecule has 1 rings (SSSR count). The van der Waals surface area contributed by atoms with Gasteiger partial charge in [-0.1, -0.05) is 13.8 Å². The summed E-state index contributed by atoms with van der Waals surface area (Å²) in [7, 11) is 0. The Morgan fingerprint density at radius 3 is 2.55 bits per heavy atom. The van der Waals surface area contributed by atoms with E-state index in [2.05, 4.69) is 5.32 Å². The molecule has 1 N–H and O–H groups in total. The van der Waals surface area contributed by atoms with Crippen LogP contribution in [0.5, 0.6) is 0 Å². The van der Waals surface area contributed by atoms with Crippen LogP contribution in [0.3, 0.4) is 0 Å². The predicted molar refractivity (Wildman–Crippen MR) is 75.0 cm³/mol. The highest BCUT2D eigenvalue weighted by Gasteiger charge is 2.20. The van der Waals surface area contributed by atoms with E-state index in [9.17, 15) is 19.7 Å². The van der Waals surface area contributed by atoms with Gasteiger partial charge in [0.15, 0.2) is 0 Å². The second-order valence-electron chi connectivity index (χ2n) is 4.67. The number of rotatable bonds is 7. The van der Waals surface area contributed by atoms with Crippen molar-refractivity contribution in [3.05, 3.63) is 37.1 Å². The molecule has 0 aliphatic rings. The van der Waals surface area contributed by atoms with Gasteiger partial charge in [0.25, 0.3) is 0 Å². The molecule has 0 spiro atoms. The lowest BCUT2D eigenvalue weighted by Crippen LogP contribution is -2.42. The first-order valence-electron chi connectivity index (χ1n) is 6.61. The molecule has 8 heteroatoms. The Bertz CT molecular complexity index is 590. The fraction of sp³-hybridized carbons (Fsp3) is 0.667. The molecule has 0 amide bonds. The van der Waals surface area contributed by atoms with Gasteiger partial charge in [-0.2, -0.15) is 0 Å². The third-order valence-corrected chi connectivity index (χ3v) is 2.99. The molecule has 1 aromatic heterocycles. The highest BCUT2D eigenvalue weighted by Crippen LogP contribution is 2.02. The Morgan fingerprint density at radius 2 is 2.05 bits per heavy atom.